The van der Waals surface area contributed by atoms with Crippen molar-refractivity contribution in [2.75, 3.05) is 19.7 Å². The van der Waals surface area contributed by atoms with E-state index in [2.05, 4.69) is 62.1 Å². The Kier molecular flexibility index (Phi) is 22.7. The number of hydrogen-bond donors (Lipinski definition) is 16. The lowest BCUT2D eigenvalue weighted by molar-refractivity contribution is -0.144. The van der Waals surface area contributed by atoms with Crippen LogP contribution in [0.1, 0.15) is 76.6 Å². The zero-order valence-electron chi connectivity index (χ0n) is 46.6. The molecule has 3 aromatic heterocycles. The Hall–Kier alpha value is -8.89. The fourth-order valence-corrected chi connectivity index (χ4v) is 9.69. The number of aliphatic hydroxyl groups excluding tert-OH is 2. The van der Waals surface area contributed by atoms with Crippen LogP contribution in [0.4, 0.5) is 0 Å². The first-order valence-electron chi connectivity index (χ1n) is 27.4. The normalized spacial score (nSPS) is 16.5. The van der Waals surface area contributed by atoms with Crippen molar-refractivity contribution >= 4 is 81.0 Å². The second kappa shape index (κ2) is 29.7. The molecule has 6 rings (SSSR count). The van der Waals surface area contributed by atoms with E-state index in [0.717, 1.165) is 10.9 Å². The zero-order valence-corrected chi connectivity index (χ0v) is 46.6. The number of carbonyl (C=O) groups excluding carboxylic acids is 8. The fraction of sp³-hybridized carbons (Fsp3) is 0.473. The number of guanidine groups is 1. The first-order chi connectivity index (χ1) is 39.5. The topological polar surface area (TPSA) is 452 Å². The standard InChI is InChI=1S/C55H76N16O12/c1-28(2)19-39(48(76)69-42(54(82)83)21-32-24-62-37-14-8-6-12-35(32)37)67-51(79)44-16-10-18-71(44)53(81)38(15-9-17-60-55(57)58)65-50(78)43(26-72)70-49(77)40(20-31-23-61-36-13-7-5-11-34(31)36)66-46(74)29(3)64-47(75)41(22-33-25-59-27-63-33)68-52(80)45(56)30(4)73/h5-8,11-14,23-25,27-30,38-45,61-62,72-73H,9-10,15-22,26,56H2,1-4H3,(H,59,63)(H,64,75)(H,65,78)(H,66,74)(H,67,79)(H,68,80)(H,69,76)(H,70,77)(H,82,83)(H4,57,58,60)/t29-,30+,38-,39-,40-,41-,42-,43-,44-,45-/m0/s1. The molecular formula is C55H76N16O12. The molecule has 1 saturated heterocycles. The van der Waals surface area contributed by atoms with Gasteiger partial charge in [0.15, 0.2) is 5.96 Å². The highest BCUT2D eigenvalue weighted by molar-refractivity contribution is 5.99. The van der Waals surface area contributed by atoms with Crippen LogP contribution in [0.25, 0.3) is 21.8 Å². The van der Waals surface area contributed by atoms with Crippen molar-refractivity contribution in [1.29, 1.82) is 0 Å². The van der Waals surface area contributed by atoms with Gasteiger partial charge in [-0.3, -0.25) is 43.3 Å². The van der Waals surface area contributed by atoms with Crippen molar-refractivity contribution in [2.24, 2.45) is 28.1 Å². The lowest BCUT2D eigenvalue weighted by Crippen LogP contribution is -2.61. The second-order valence-corrected chi connectivity index (χ2v) is 21.1. The average Bonchev–Trinajstić information content (AvgIpc) is 4.47. The SMILES string of the molecule is CC(C)C[C@H](NC(=O)[C@@H]1CCCN1C(=O)[C@H](CCCN=C(N)N)NC(=O)[C@H](CO)NC(=O)[C@H](Cc1c[nH]c2ccccc12)NC(=O)[C@H](C)NC(=O)[C@H](Cc1cnc[nH]1)NC(=O)[C@@H](N)[C@@H](C)O)C(=O)N[C@@H](Cc1c[nH]c2ccccc12)C(=O)O. The van der Waals surface area contributed by atoms with E-state index in [1.54, 1.807) is 36.7 Å². The Labute approximate surface area is 477 Å². The van der Waals surface area contributed by atoms with Crippen LogP contribution in [0.5, 0.6) is 0 Å². The van der Waals surface area contributed by atoms with Gasteiger partial charge < -0.3 is 89.6 Å². The zero-order chi connectivity index (χ0) is 60.5. The van der Waals surface area contributed by atoms with Gasteiger partial charge in [-0.05, 0) is 75.1 Å². The molecule has 2 aromatic carbocycles. The van der Waals surface area contributed by atoms with Crippen molar-refractivity contribution in [3.05, 3.63) is 90.3 Å². The summed E-state index contributed by atoms with van der Waals surface area (Å²) in [5.41, 5.74) is 20.1. The molecule has 4 heterocycles. The van der Waals surface area contributed by atoms with Gasteiger partial charge in [0.1, 0.15) is 54.4 Å². The van der Waals surface area contributed by atoms with Crippen molar-refractivity contribution in [3.63, 3.8) is 0 Å². The summed E-state index contributed by atoms with van der Waals surface area (Å²) in [7, 11) is 0. The van der Waals surface area contributed by atoms with Crippen molar-refractivity contribution in [1.82, 2.24) is 62.1 Å². The molecule has 5 aromatic rings. The molecule has 28 heteroatoms. The Morgan fingerprint density at radius 1 is 0.687 bits per heavy atom. The minimum Gasteiger partial charge on any atom is -0.480 e. The monoisotopic (exact) mass is 1150 g/mol. The third-order valence-corrected chi connectivity index (χ3v) is 14.2. The van der Waals surface area contributed by atoms with Crippen molar-refractivity contribution in [2.45, 2.75) is 140 Å². The van der Waals surface area contributed by atoms with Crippen LogP contribution in [0.3, 0.4) is 0 Å². The molecule has 0 bridgehead atoms. The number of nitrogens with two attached hydrogens (primary N) is 3. The Balaban J connectivity index is 1.17. The number of benzene rings is 2. The Bertz CT molecular complexity index is 3100. The number of H-pyrrole nitrogens is 3. The number of aromatic nitrogens is 4. The molecule has 0 aliphatic carbocycles. The van der Waals surface area contributed by atoms with E-state index in [-0.39, 0.29) is 69.9 Å². The highest BCUT2D eigenvalue weighted by Gasteiger charge is 2.40. The molecular weight excluding hydrogens is 1080 g/mol. The number of para-hydroxylation sites is 2. The molecule has 1 fully saturated rings. The highest BCUT2D eigenvalue weighted by Crippen LogP contribution is 2.23. The van der Waals surface area contributed by atoms with E-state index in [9.17, 15) is 58.5 Å². The Morgan fingerprint density at radius 3 is 1.81 bits per heavy atom. The number of aliphatic imine (C=N–C) groups is 1. The van der Waals surface area contributed by atoms with Crippen LogP contribution in [0.15, 0.2) is 78.4 Å². The predicted molar refractivity (Wildman–Crippen MR) is 304 cm³/mol. The first-order valence-corrected chi connectivity index (χ1v) is 27.4. The number of aromatic amines is 3. The number of aliphatic hydroxyl groups is 2. The van der Waals surface area contributed by atoms with Crippen molar-refractivity contribution in [3.8, 4) is 0 Å². The average molecular weight is 1150 g/mol. The van der Waals surface area contributed by atoms with Gasteiger partial charge in [0, 0.05) is 78.4 Å². The summed E-state index contributed by atoms with van der Waals surface area (Å²) in [6.45, 7) is 5.38. The Morgan fingerprint density at radius 2 is 1.23 bits per heavy atom. The van der Waals surface area contributed by atoms with Gasteiger partial charge in [-0.2, -0.15) is 0 Å². The number of imidazole rings is 1. The van der Waals surface area contributed by atoms with Crippen LogP contribution < -0.4 is 54.4 Å². The van der Waals surface area contributed by atoms with Gasteiger partial charge in [-0.15, -0.1) is 0 Å². The second-order valence-electron chi connectivity index (χ2n) is 21.1. The van der Waals surface area contributed by atoms with E-state index >= 15 is 0 Å². The number of likely N-dealkylation sites (tertiary alicyclic amines) is 1. The van der Waals surface area contributed by atoms with Crippen LogP contribution in [-0.2, 0) is 62.4 Å². The minimum atomic E-state index is -1.73. The summed E-state index contributed by atoms with van der Waals surface area (Å²) in [5, 5.41) is 50.4. The lowest BCUT2D eigenvalue weighted by Gasteiger charge is -2.31. The van der Waals surface area contributed by atoms with Gasteiger partial charge in [0.25, 0.3) is 0 Å². The number of amides is 8. The maximum Gasteiger partial charge on any atom is 0.326 e. The summed E-state index contributed by atoms with van der Waals surface area (Å²) < 4.78 is 0. The molecule has 83 heavy (non-hydrogen) atoms. The lowest BCUT2D eigenvalue weighted by atomic mass is 10.0. The molecule has 28 nitrogen and oxygen atoms in total. The smallest absolute Gasteiger partial charge is 0.326 e. The van der Waals surface area contributed by atoms with Crippen LogP contribution in [-0.4, -0.2) is 180 Å². The number of rotatable bonds is 30. The van der Waals surface area contributed by atoms with E-state index in [0.29, 0.717) is 34.1 Å². The molecule has 0 radical (unpaired) electrons. The third-order valence-electron chi connectivity index (χ3n) is 14.2. The van der Waals surface area contributed by atoms with Gasteiger partial charge >= 0.3 is 5.97 Å². The number of nitrogens with one attached hydrogen (secondary N) is 10. The number of carboxylic acids is 1. The number of fused-ring (bicyclic) bond motifs is 2. The highest BCUT2D eigenvalue weighted by atomic mass is 16.4. The summed E-state index contributed by atoms with van der Waals surface area (Å²) in [6, 6.07) is 2.13. The van der Waals surface area contributed by atoms with E-state index in [4.69, 9.17) is 17.2 Å². The van der Waals surface area contributed by atoms with E-state index in [1.165, 1.54) is 31.3 Å². The van der Waals surface area contributed by atoms with Gasteiger partial charge in [-0.25, -0.2) is 9.78 Å². The van der Waals surface area contributed by atoms with Crippen LogP contribution in [0, 0.1) is 5.92 Å². The number of carbonyl (C=O) groups is 9. The predicted octanol–water partition coefficient (Wildman–Crippen LogP) is -2.31. The van der Waals surface area contributed by atoms with Gasteiger partial charge in [0.2, 0.25) is 47.3 Å². The van der Waals surface area contributed by atoms with E-state index in [1.807, 2.05) is 38.1 Å². The molecule has 1 aliphatic heterocycles. The quantitative estimate of drug-likeness (QED) is 0.0130. The summed E-state index contributed by atoms with van der Waals surface area (Å²) in [5.74, 6) is -8.32. The summed E-state index contributed by atoms with van der Waals surface area (Å²) >= 11 is 0. The molecule has 19 N–H and O–H groups in total. The minimum absolute atomic E-state index is 0.0283. The number of carboxylic acid groups (broad SMARTS) is 1. The summed E-state index contributed by atoms with van der Waals surface area (Å²) in [4.78, 5) is 143. The molecule has 1 aliphatic rings. The number of nitrogens with zero attached hydrogens (tertiary/aromatic N) is 3. The van der Waals surface area contributed by atoms with Crippen LogP contribution >= 0.6 is 0 Å². The molecule has 448 valence electrons. The first kappa shape index (κ1) is 63.3. The maximum absolute atomic E-state index is 14.6. The fourth-order valence-electron chi connectivity index (χ4n) is 9.69. The van der Waals surface area contributed by atoms with Gasteiger partial charge in [0.05, 0.1) is 19.0 Å². The number of hydrogen-bond acceptors (Lipinski definition) is 14. The molecule has 0 unspecified atom stereocenters. The van der Waals surface area contributed by atoms with Gasteiger partial charge in [-0.1, -0.05) is 50.2 Å². The molecule has 10 atom stereocenters. The third kappa shape index (κ3) is 17.6. The van der Waals surface area contributed by atoms with E-state index < -0.39 is 120 Å². The largest absolute Gasteiger partial charge is 0.480 e. The maximum atomic E-state index is 14.6. The molecule has 0 saturated carbocycles. The van der Waals surface area contributed by atoms with Crippen molar-refractivity contribution < 1.29 is 58.5 Å². The molecule has 0 spiro atoms. The number of aliphatic carboxylic acids is 1. The summed E-state index contributed by atoms with van der Waals surface area (Å²) in [6.07, 6.45) is 5.18. The molecule has 8 amide bonds. The van der Waals surface area contributed by atoms with Crippen LogP contribution in [0.2, 0.25) is 0 Å².